The third-order valence-electron chi connectivity index (χ3n) is 3.66. The van der Waals surface area contributed by atoms with E-state index >= 15 is 0 Å². The molecule has 0 aliphatic carbocycles. The number of hydrogen-bond donors (Lipinski definition) is 1. The van der Waals surface area contributed by atoms with E-state index in [1.165, 1.54) is 19.3 Å². The van der Waals surface area contributed by atoms with Gasteiger partial charge in [-0.15, -0.1) is 0 Å². The number of piperidine rings is 1. The summed E-state index contributed by atoms with van der Waals surface area (Å²) in [5.41, 5.74) is -0.259. The lowest BCUT2D eigenvalue weighted by Gasteiger charge is -2.40. The normalized spacial score (nSPS) is 25.3. The Balaban J connectivity index is 2.69. The van der Waals surface area contributed by atoms with Crippen LogP contribution in [0.4, 0.5) is 0 Å². The quantitative estimate of drug-likeness (QED) is 0.836. The van der Waals surface area contributed by atoms with Gasteiger partial charge < -0.3 is 10.2 Å². The van der Waals surface area contributed by atoms with Crippen molar-refractivity contribution in [2.45, 2.75) is 59.9 Å². The van der Waals surface area contributed by atoms with Crippen LogP contribution in [0.15, 0.2) is 0 Å². The van der Waals surface area contributed by atoms with Crippen molar-refractivity contribution in [2.75, 3.05) is 19.6 Å². The number of likely N-dealkylation sites (N-methyl/N-ethyl adjacent to an activating group) is 1. The van der Waals surface area contributed by atoms with Crippen LogP contribution in [-0.2, 0) is 4.79 Å². The SMILES string of the molecule is CCCC1CC(NCC)CN(C(=O)C(C)(C)C)C1. The summed E-state index contributed by atoms with van der Waals surface area (Å²) >= 11 is 0. The van der Waals surface area contributed by atoms with Gasteiger partial charge in [-0.1, -0.05) is 41.0 Å². The third kappa shape index (κ3) is 4.27. The lowest BCUT2D eigenvalue weighted by molar-refractivity contribution is -0.142. The summed E-state index contributed by atoms with van der Waals surface area (Å²) < 4.78 is 0. The Hall–Kier alpha value is -0.570. The highest BCUT2D eigenvalue weighted by atomic mass is 16.2. The fourth-order valence-corrected chi connectivity index (χ4v) is 2.90. The predicted molar refractivity (Wildman–Crippen MR) is 76.5 cm³/mol. The first-order valence-corrected chi connectivity index (χ1v) is 7.41. The van der Waals surface area contributed by atoms with Crippen molar-refractivity contribution < 1.29 is 4.79 Å². The molecule has 1 saturated heterocycles. The zero-order chi connectivity index (χ0) is 13.8. The van der Waals surface area contributed by atoms with Gasteiger partial charge in [0, 0.05) is 24.5 Å². The van der Waals surface area contributed by atoms with Crippen molar-refractivity contribution in [1.82, 2.24) is 10.2 Å². The molecule has 3 heteroatoms. The van der Waals surface area contributed by atoms with Crippen LogP contribution in [0.1, 0.15) is 53.9 Å². The Morgan fingerprint density at radius 2 is 1.94 bits per heavy atom. The minimum Gasteiger partial charge on any atom is -0.340 e. The monoisotopic (exact) mass is 254 g/mol. The molecule has 106 valence electrons. The number of carbonyl (C=O) groups is 1. The standard InChI is InChI=1S/C15H30N2O/c1-6-8-12-9-13(16-7-2)11-17(10-12)14(18)15(3,4)5/h12-13,16H,6-11H2,1-5H3. The van der Waals surface area contributed by atoms with Crippen LogP contribution in [0, 0.1) is 11.3 Å². The first-order chi connectivity index (χ1) is 8.38. The average Bonchev–Trinajstić information content (AvgIpc) is 2.27. The summed E-state index contributed by atoms with van der Waals surface area (Å²) in [6.07, 6.45) is 3.66. The molecular formula is C15H30N2O. The molecule has 1 rings (SSSR count). The van der Waals surface area contributed by atoms with Gasteiger partial charge in [0.2, 0.25) is 5.91 Å². The Morgan fingerprint density at radius 1 is 1.28 bits per heavy atom. The molecule has 0 bridgehead atoms. The molecule has 0 saturated carbocycles. The van der Waals surface area contributed by atoms with Gasteiger partial charge in [-0.25, -0.2) is 0 Å². The molecule has 1 N–H and O–H groups in total. The smallest absolute Gasteiger partial charge is 0.228 e. The number of amides is 1. The minimum absolute atomic E-state index is 0.259. The highest BCUT2D eigenvalue weighted by Gasteiger charge is 2.33. The molecule has 1 fully saturated rings. The van der Waals surface area contributed by atoms with Gasteiger partial charge in [-0.05, 0) is 25.3 Å². The molecule has 1 aliphatic heterocycles. The fourth-order valence-electron chi connectivity index (χ4n) is 2.90. The maximum absolute atomic E-state index is 12.4. The number of carbonyl (C=O) groups excluding carboxylic acids is 1. The molecule has 2 unspecified atom stereocenters. The van der Waals surface area contributed by atoms with E-state index in [1.54, 1.807) is 0 Å². The van der Waals surface area contributed by atoms with Gasteiger partial charge >= 0.3 is 0 Å². The maximum atomic E-state index is 12.4. The zero-order valence-corrected chi connectivity index (χ0v) is 12.8. The molecule has 0 aromatic heterocycles. The number of hydrogen-bond acceptors (Lipinski definition) is 2. The van der Waals surface area contributed by atoms with E-state index in [9.17, 15) is 4.79 Å². The second-order valence-corrected chi connectivity index (χ2v) is 6.61. The van der Waals surface area contributed by atoms with E-state index in [1.807, 2.05) is 20.8 Å². The maximum Gasteiger partial charge on any atom is 0.228 e. The lowest BCUT2D eigenvalue weighted by Crippen LogP contribution is -2.53. The number of rotatable bonds is 4. The van der Waals surface area contributed by atoms with Crippen LogP contribution in [0.3, 0.4) is 0 Å². The van der Waals surface area contributed by atoms with Crippen LogP contribution in [0.2, 0.25) is 0 Å². The van der Waals surface area contributed by atoms with Crippen molar-refractivity contribution in [3.05, 3.63) is 0 Å². The van der Waals surface area contributed by atoms with Crippen molar-refractivity contribution in [1.29, 1.82) is 0 Å². The molecule has 1 amide bonds. The molecule has 18 heavy (non-hydrogen) atoms. The van der Waals surface area contributed by atoms with Crippen LogP contribution in [-0.4, -0.2) is 36.5 Å². The predicted octanol–water partition coefficient (Wildman–Crippen LogP) is 2.66. The molecule has 0 spiro atoms. The number of nitrogens with zero attached hydrogens (tertiary/aromatic N) is 1. The fraction of sp³-hybridized carbons (Fsp3) is 0.933. The van der Waals surface area contributed by atoms with Gasteiger partial charge in [0.05, 0.1) is 0 Å². The number of nitrogens with one attached hydrogen (secondary N) is 1. The van der Waals surface area contributed by atoms with Gasteiger partial charge in [-0.2, -0.15) is 0 Å². The van der Waals surface area contributed by atoms with E-state index < -0.39 is 0 Å². The Morgan fingerprint density at radius 3 is 2.44 bits per heavy atom. The van der Waals surface area contributed by atoms with Crippen LogP contribution in [0.25, 0.3) is 0 Å². The second-order valence-electron chi connectivity index (χ2n) is 6.61. The van der Waals surface area contributed by atoms with Crippen LogP contribution in [0.5, 0.6) is 0 Å². The summed E-state index contributed by atoms with van der Waals surface area (Å²) in [6.45, 7) is 13.2. The first kappa shape index (κ1) is 15.5. The average molecular weight is 254 g/mol. The Kier molecular flexibility index (Phi) is 5.64. The summed E-state index contributed by atoms with van der Waals surface area (Å²) in [4.78, 5) is 14.5. The molecule has 1 aliphatic rings. The topological polar surface area (TPSA) is 32.3 Å². The molecule has 2 atom stereocenters. The zero-order valence-electron chi connectivity index (χ0n) is 12.8. The van der Waals surface area contributed by atoms with E-state index in [0.29, 0.717) is 17.9 Å². The molecular weight excluding hydrogens is 224 g/mol. The largest absolute Gasteiger partial charge is 0.340 e. The van der Waals surface area contributed by atoms with Gasteiger partial charge in [0.15, 0.2) is 0 Å². The Bertz CT molecular complexity index is 256. The van der Waals surface area contributed by atoms with Crippen LogP contribution >= 0.6 is 0 Å². The van der Waals surface area contributed by atoms with Crippen molar-refractivity contribution in [3.63, 3.8) is 0 Å². The first-order valence-electron chi connectivity index (χ1n) is 7.41. The highest BCUT2D eigenvalue weighted by Crippen LogP contribution is 2.25. The molecule has 3 nitrogen and oxygen atoms in total. The number of likely N-dealkylation sites (tertiary alicyclic amines) is 1. The molecule has 0 aromatic rings. The van der Waals surface area contributed by atoms with E-state index in [0.717, 1.165) is 19.6 Å². The minimum atomic E-state index is -0.259. The molecule has 0 aromatic carbocycles. The summed E-state index contributed by atoms with van der Waals surface area (Å²) in [6, 6.07) is 0.478. The third-order valence-corrected chi connectivity index (χ3v) is 3.66. The Labute approximate surface area is 112 Å². The van der Waals surface area contributed by atoms with Crippen molar-refractivity contribution in [2.24, 2.45) is 11.3 Å². The van der Waals surface area contributed by atoms with Crippen molar-refractivity contribution >= 4 is 5.91 Å². The van der Waals surface area contributed by atoms with Crippen molar-refractivity contribution in [3.8, 4) is 0 Å². The second kappa shape index (κ2) is 6.55. The van der Waals surface area contributed by atoms with Gasteiger partial charge in [0.1, 0.15) is 0 Å². The van der Waals surface area contributed by atoms with Gasteiger partial charge in [0.25, 0.3) is 0 Å². The van der Waals surface area contributed by atoms with E-state index in [-0.39, 0.29) is 5.41 Å². The highest BCUT2D eigenvalue weighted by molar-refractivity contribution is 5.81. The molecule has 0 radical (unpaired) electrons. The van der Waals surface area contributed by atoms with Gasteiger partial charge in [-0.3, -0.25) is 4.79 Å². The van der Waals surface area contributed by atoms with E-state index in [4.69, 9.17) is 0 Å². The molecule has 1 heterocycles. The lowest BCUT2D eigenvalue weighted by atomic mass is 9.87. The van der Waals surface area contributed by atoms with E-state index in [2.05, 4.69) is 24.1 Å². The summed E-state index contributed by atoms with van der Waals surface area (Å²) in [5.74, 6) is 0.963. The van der Waals surface area contributed by atoms with Crippen LogP contribution < -0.4 is 5.32 Å². The summed E-state index contributed by atoms with van der Waals surface area (Å²) in [7, 11) is 0. The summed E-state index contributed by atoms with van der Waals surface area (Å²) in [5, 5.41) is 3.52.